The molecule has 3 fully saturated rings. The van der Waals surface area contributed by atoms with Gasteiger partial charge in [0.05, 0.1) is 5.92 Å². The van der Waals surface area contributed by atoms with Crippen LogP contribution in [0.1, 0.15) is 12.8 Å². The van der Waals surface area contributed by atoms with E-state index in [4.69, 9.17) is 5.84 Å². The largest absolute Gasteiger partial charge is 0.340 e. The van der Waals surface area contributed by atoms with Gasteiger partial charge >= 0.3 is 0 Å². The summed E-state index contributed by atoms with van der Waals surface area (Å²) in [6.45, 7) is 7.75. The Morgan fingerprint density at radius 1 is 1.00 bits per heavy atom. The monoisotopic (exact) mass is 281 g/mol. The quantitative estimate of drug-likeness (QED) is 0.660. The molecule has 3 aliphatic heterocycles. The summed E-state index contributed by atoms with van der Waals surface area (Å²) < 4.78 is 0. The molecule has 0 radical (unpaired) electrons. The van der Waals surface area contributed by atoms with Crippen molar-refractivity contribution in [3.63, 3.8) is 0 Å². The minimum Gasteiger partial charge on any atom is -0.340 e. The van der Waals surface area contributed by atoms with E-state index in [1.807, 2.05) is 4.90 Å². The van der Waals surface area contributed by atoms with Gasteiger partial charge in [-0.1, -0.05) is 0 Å². The van der Waals surface area contributed by atoms with Crippen molar-refractivity contribution in [1.29, 1.82) is 0 Å². The molecule has 6 heteroatoms. The second-order valence-electron chi connectivity index (χ2n) is 6.55. The topological polar surface area (TPSA) is 56.0 Å². The Labute approximate surface area is 121 Å². The van der Waals surface area contributed by atoms with Crippen molar-refractivity contribution in [2.45, 2.75) is 18.9 Å². The van der Waals surface area contributed by atoms with E-state index < -0.39 is 0 Å². The molecule has 0 aliphatic carbocycles. The first-order valence-electron chi connectivity index (χ1n) is 7.84. The van der Waals surface area contributed by atoms with Crippen LogP contribution in [0.3, 0.4) is 0 Å². The molecule has 3 heterocycles. The van der Waals surface area contributed by atoms with Crippen LogP contribution in [-0.2, 0) is 4.79 Å². The molecule has 3 rings (SSSR count). The minimum atomic E-state index is 0.148. The summed E-state index contributed by atoms with van der Waals surface area (Å²) in [6.07, 6.45) is 2.55. The molecule has 0 aromatic carbocycles. The summed E-state index contributed by atoms with van der Waals surface area (Å²) in [6, 6.07) is 0.728. The number of hydrogen-bond acceptors (Lipinski definition) is 5. The molecule has 2 N–H and O–H groups in total. The Kier molecular flexibility index (Phi) is 4.26. The van der Waals surface area contributed by atoms with E-state index in [0.29, 0.717) is 5.91 Å². The minimum absolute atomic E-state index is 0.148. The maximum Gasteiger partial charge on any atom is 0.228 e. The zero-order valence-electron chi connectivity index (χ0n) is 12.5. The summed E-state index contributed by atoms with van der Waals surface area (Å²) in [5.74, 6) is 6.08. The third kappa shape index (κ3) is 2.98. The molecule has 20 heavy (non-hydrogen) atoms. The van der Waals surface area contributed by atoms with E-state index in [2.05, 4.69) is 16.8 Å². The van der Waals surface area contributed by atoms with Crippen LogP contribution in [0, 0.1) is 5.92 Å². The van der Waals surface area contributed by atoms with Crippen LogP contribution in [0.15, 0.2) is 0 Å². The number of hydrazine groups is 1. The zero-order chi connectivity index (χ0) is 14.1. The van der Waals surface area contributed by atoms with E-state index in [9.17, 15) is 4.79 Å². The Hall–Kier alpha value is -0.690. The van der Waals surface area contributed by atoms with Gasteiger partial charge in [0.1, 0.15) is 0 Å². The van der Waals surface area contributed by atoms with Crippen LogP contribution in [0.25, 0.3) is 0 Å². The van der Waals surface area contributed by atoms with Gasteiger partial charge in [0.25, 0.3) is 0 Å². The molecule has 3 saturated heterocycles. The van der Waals surface area contributed by atoms with Crippen LogP contribution in [0.2, 0.25) is 0 Å². The molecule has 114 valence electrons. The number of piperazine rings is 1. The van der Waals surface area contributed by atoms with Gasteiger partial charge in [-0.3, -0.25) is 15.5 Å². The molecule has 0 unspecified atom stereocenters. The van der Waals surface area contributed by atoms with E-state index >= 15 is 0 Å². The smallest absolute Gasteiger partial charge is 0.228 e. The predicted molar refractivity (Wildman–Crippen MR) is 77.9 cm³/mol. The van der Waals surface area contributed by atoms with Crippen molar-refractivity contribution < 1.29 is 4.79 Å². The number of carbonyl (C=O) groups excluding carboxylic acids is 1. The standard InChI is InChI=1S/C14H27N5O/c1-16-4-2-13(3-5-16)17-6-8-18(9-7-17)14(20)12-10-19(15)11-12/h12-13H,2-11,15H2,1H3. The zero-order valence-corrected chi connectivity index (χ0v) is 12.5. The third-order valence-corrected chi connectivity index (χ3v) is 5.09. The van der Waals surface area contributed by atoms with Crippen LogP contribution in [0.4, 0.5) is 0 Å². The lowest BCUT2D eigenvalue weighted by molar-refractivity contribution is -0.143. The maximum absolute atomic E-state index is 12.3. The molecule has 0 atom stereocenters. The van der Waals surface area contributed by atoms with Crippen molar-refractivity contribution >= 4 is 5.91 Å². The average molecular weight is 281 g/mol. The van der Waals surface area contributed by atoms with Gasteiger partial charge in [0.15, 0.2) is 0 Å². The molecule has 0 spiro atoms. The van der Waals surface area contributed by atoms with Crippen molar-refractivity contribution in [1.82, 2.24) is 19.7 Å². The van der Waals surface area contributed by atoms with Gasteiger partial charge in [-0.25, -0.2) is 5.01 Å². The number of hydrogen-bond donors (Lipinski definition) is 1. The van der Waals surface area contributed by atoms with Crippen molar-refractivity contribution in [3.8, 4) is 0 Å². The molecule has 0 aromatic heterocycles. The third-order valence-electron chi connectivity index (χ3n) is 5.09. The number of rotatable bonds is 2. The van der Waals surface area contributed by atoms with Crippen LogP contribution in [-0.4, -0.2) is 91.1 Å². The molecule has 0 saturated carbocycles. The highest BCUT2D eigenvalue weighted by molar-refractivity contribution is 5.80. The fourth-order valence-corrected chi connectivity index (χ4v) is 3.59. The average Bonchev–Trinajstić information content (AvgIpc) is 2.44. The van der Waals surface area contributed by atoms with Crippen molar-refractivity contribution in [2.75, 3.05) is 59.4 Å². The number of nitrogens with zero attached hydrogens (tertiary/aromatic N) is 4. The van der Waals surface area contributed by atoms with Gasteiger partial charge in [0, 0.05) is 45.3 Å². The fraction of sp³-hybridized carbons (Fsp3) is 0.929. The fourth-order valence-electron chi connectivity index (χ4n) is 3.59. The summed E-state index contributed by atoms with van der Waals surface area (Å²) in [5, 5.41) is 1.72. The number of nitrogens with two attached hydrogens (primary N) is 1. The lowest BCUT2D eigenvalue weighted by atomic mass is 9.99. The highest BCUT2D eigenvalue weighted by atomic mass is 16.2. The van der Waals surface area contributed by atoms with Crippen molar-refractivity contribution in [2.24, 2.45) is 11.8 Å². The molecule has 0 aromatic rings. The normalized spacial score (nSPS) is 28.6. The van der Waals surface area contributed by atoms with Gasteiger partial charge in [-0.05, 0) is 33.0 Å². The second-order valence-corrected chi connectivity index (χ2v) is 6.55. The van der Waals surface area contributed by atoms with Gasteiger partial charge in [-0.2, -0.15) is 0 Å². The summed E-state index contributed by atoms with van der Waals surface area (Å²) >= 11 is 0. The number of carbonyl (C=O) groups is 1. The predicted octanol–water partition coefficient (Wildman–Crippen LogP) is -0.970. The number of amides is 1. The Morgan fingerprint density at radius 3 is 2.15 bits per heavy atom. The first kappa shape index (κ1) is 14.3. The van der Waals surface area contributed by atoms with E-state index in [1.165, 1.54) is 25.9 Å². The summed E-state index contributed by atoms with van der Waals surface area (Å²) in [4.78, 5) is 19.3. The Morgan fingerprint density at radius 2 is 1.60 bits per heavy atom. The van der Waals surface area contributed by atoms with Crippen molar-refractivity contribution in [3.05, 3.63) is 0 Å². The van der Waals surface area contributed by atoms with Crippen LogP contribution < -0.4 is 5.84 Å². The molecular formula is C14H27N5O. The summed E-state index contributed by atoms with van der Waals surface area (Å²) in [5.41, 5.74) is 0. The van der Waals surface area contributed by atoms with E-state index in [0.717, 1.165) is 45.3 Å². The molecule has 0 bridgehead atoms. The van der Waals surface area contributed by atoms with Gasteiger partial charge in [-0.15, -0.1) is 0 Å². The second kappa shape index (κ2) is 5.97. The Balaban J connectivity index is 1.44. The number of likely N-dealkylation sites (tertiary alicyclic amines) is 1. The highest BCUT2D eigenvalue weighted by Crippen LogP contribution is 2.20. The Bertz CT molecular complexity index is 341. The molecule has 1 amide bonds. The lowest BCUT2D eigenvalue weighted by Gasteiger charge is -2.44. The van der Waals surface area contributed by atoms with Crippen LogP contribution >= 0.6 is 0 Å². The summed E-state index contributed by atoms with van der Waals surface area (Å²) in [7, 11) is 2.20. The molecule has 3 aliphatic rings. The van der Waals surface area contributed by atoms with Gasteiger partial charge in [0.2, 0.25) is 5.91 Å². The van der Waals surface area contributed by atoms with E-state index in [-0.39, 0.29) is 5.92 Å². The SMILES string of the molecule is CN1CCC(N2CCN(C(=O)C3CN(N)C3)CC2)CC1. The maximum atomic E-state index is 12.3. The van der Waals surface area contributed by atoms with Gasteiger partial charge < -0.3 is 9.80 Å². The van der Waals surface area contributed by atoms with Crippen LogP contribution in [0.5, 0.6) is 0 Å². The molecule has 6 nitrogen and oxygen atoms in total. The lowest BCUT2D eigenvalue weighted by Crippen LogP contribution is -2.60. The van der Waals surface area contributed by atoms with E-state index in [1.54, 1.807) is 5.01 Å². The first-order chi connectivity index (χ1) is 9.63. The number of piperidine rings is 1. The molecular weight excluding hydrogens is 254 g/mol. The highest BCUT2D eigenvalue weighted by Gasteiger charge is 2.35. The first-order valence-corrected chi connectivity index (χ1v) is 7.84.